The highest BCUT2D eigenvalue weighted by molar-refractivity contribution is 5.67. The van der Waals surface area contributed by atoms with E-state index in [4.69, 9.17) is 0 Å². The fraction of sp³-hybridized carbons (Fsp3) is 0.154. The van der Waals surface area contributed by atoms with Crippen LogP contribution >= 0.6 is 0 Å². The van der Waals surface area contributed by atoms with Crippen molar-refractivity contribution in [3.63, 3.8) is 0 Å². The number of aryl methyl sites for hydroxylation is 1. The van der Waals surface area contributed by atoms with E-state index in [1.165, 1.54) is 11.6 Å². The zero-order valence-electron chi connectivity index (χ0n) is 8.53. The summed E-state index contributed by atoms with van der Waals surface area (Å²) in [5.41, 5.74) is 3.48. The first-order valence-electron chi connectivity index (χ1n) is 4.59. The molecule has 0 bridgehead atoms. The van der Waals surface area contributed by atoms with Crippen LogP contribution in [0.4, 0.5) is 0 Å². The van der Waals surface area contributed by atoms with Crippen LogP contribution < -0.4 is 0 Å². The third-order valence-electron chi connectivity index (χ3n) is 1.91. The van der Waals surface area contributed by atoms with E-state index in [2.05, 4.69) is 31.2 Å². The zero-order valence-corrected chi connectivity index (χ0v) is 8.53. The first-order valence-corrected chi connectivity index (χ1v) is 4.59. The summed E-state index contributed by atoms with van der Waals surface area (Å²) < 4.78 is 0. The van der Waals surface area contributed by atoms with Gasteiger partial charge in [0.2, 0.25) is 0 Å². The summed E-state index contributed by atoms with van der Waals surface area (Å²) >= 11 is 0. The topological polar surface area (TPSA) is 17.1 Å². The van der Waals surface area contributed by atoms with E-state index in [0.717, 1.165) is 17.4 Å². The van der Waals surface area contributed by atoms with Crippen molar-refractivity contribution in [2.75, 3.05) is 0 Å². The molecule has 0 aliphatic heterocycles. The molecule has 0 aliphatic rings. The summed E-state index contributed by atoms with van der Waals surface area (Å²) in [7, 11) is 0. The number of benzene rings is 1. The van der Waals surface area contributed by atoms with Crippen LogP contribution in [0.5, 0.6) is 0 Å². The lowest BCUT2D eigenvalue weighted by Crippen LogP contribution is -1.75. The van der Waals surface area contributed by atoms with Crippen LogP contribution in [0, 0.1) is 6.92 Å². The highest BCUT2D eigenvalue weighted by atomic mass is 16.1. The van der Waals surface area contributed by atoms with E-state index in [-0.39, 0.29) is 0 Å². The Kier molecular flexibility index (Phi) is 3.86. The Bertz CT molecular complexity index is 355. The molecule has 72 valence electrons. The van der Waals surface area contributed by atoms with Gasteiger partial charge >= 0.3 is 0 Å². The minimum absolute atomic E-state index is 0.784. The first kappa shape index (κ1) is 10.5. The normalized spacial score (nSPS) is 12.0. The molecule has 0 N–H and O–H groups in total. The van der Waals surface area contributed by atoms with Gasteiger partial charge < -0.3 is 0 Å². The van der Waals surface area contributed by atoms with Gasteiger partial charge in [0.05, 0.1) is 0 Å². The second kappa shape index (κ2) is 5.18. The summed E-state index contributed by atoms with van der Waals surface area (Å²) in [6.07, 6.45) is 6.12. The molecule has 14 heavy (non-hydrogen) atoms. The SMILES string of the molecule is CC(/C=C\C=O)=C\c1ccc(C)cc1. The summed E-state index contributed by atoms with van der Waals surface area (Å²) in [6, 6.07) is 8.27. The number of carbonyl (C=O) groups excluding carboxylic acids is 1. The Hall–Kier alpha value is -1.63. The number of hydrogen-bond donors (Lipinski definition) is 0. The maximum atomic E-state index is 10.1. The largest absolute Gasteiger partial charge is 0.299 e. The molecule has 1 nitrogen and oxygen atoms in total. The van der Waals surface area contributed by atoms with Crippen molar-refractivity contribution in [1.82, 2.24) is 0 Å². The third-order valence-corrected chi connectivity index (χ3v) is 1.91. The fourth-order valence-corrected chi connectivity index (χ4v) is 1.16. The van der Waals surface area contributed by atoms with Crippen molar-refractivity contribution >= 4 is 12.4 Å². The van der Waals surface area contributed by atoms with Gasteiger partial charge in [-0.05, 0) is 25.5 Å². The van der Waals surface area contributed by atoms with Gasteiger partial charge in [-0.2, -0.15) is 0 Å². The van der Waals surface area contributed by atoms with Crippen LogP contribution in [0.25, 0.3) is 6.08 Å². The molecule has 1 aromatic rings. The molecule has 0 saturated heterocycles. The number of aldehydes is 1. The van der Waals surface area contributed by atoms with Crippen molar-refractivity contribution in [1.29, 1.82) is 0 Å². The minimum Gasteiger partial charge on any atom is -0.299 e. The average molecular weight is 186 g/mol. The Morgan fingerprint density at radius 2 is 1.86 bits per heavy atom. The minimum atomic E-state index is 0.784. The fourth-order valence-electron chi connectivity index (χ4n) is 1.16. The lowest BCUT2D eigenvalue weighted by Gasteiger charge is -1.96. The smallest absolute Gasteiger partial charge is 0.142 e. The molecule has 0 aliphatic carbocycles. The molecule has 0 aromatic heterocycles. The number of allylic oxidation sites excluding steroid dienone is 3. The molecule has 0 radical (unpaired) electrons. The van der Waals surface area contributed by atoms with Crippen LogP contribution in [0.1, 0.15) is 18.1 Å². The Balaban J connectivity index is 2.81. The van der Waals surface area contributed by atoms with Crippen LogP contribution in [0.15, 0.2) is 42.0 Å². The van der Waals surface area contributed by atoms with Gasteiger partial charge in [-0.15, -0.1) is 0 Å². The van der Waals surface area contributed by atoms with Crippen molar-refractivity contribution in [2.45, 2.75) is 13.8 Å². The molecular formula is C13H14O. The zero-order chi connectivity index (χ0) is 10.4. The van der Waals surface area contributed by atoms with E-state index in [0.29, 0.717) is 0 Å². The van der Waals surface area contributed by atoms with Crippen molar-refractivity contribution in [3.8, 4) is 0 Å². The highest BCUT2D eigenvalue weighted by Gasteiger charge is 1.87. The Labute approximate surface area is 84.8 Å². The molecule has 0 unspecified atom stereocenters. The number of carbonyl (C=O) groups is 1. The lowest BCUT2D eigenvalue weighted by atomic mass is 10.1. The van der Waals surface area contributed by atoms with E-state index in [9.17, 15) is 4.79 Å². The number of hydrogen-bond acceptors (Lipinski definition) is 1. The van der Waals surface area contributed by atoms with E-state index < -0.39 is 0 Å². The van der Waals surface area contributed by atoms with Gasteiger partial charge in [0, 0.05) is 0 Å². The van der Waals surface area contributed by atoms with E-state index in [1.54, 1.807) is 6.08 Å². The predicted octanol–water partition coefficient (Wildman–Crippen LogP) is 3.15. The molecule has 0 heterocycles. The standard InChI is InChI=1S/C13H14O/c1-11-5-7-13(8-6-11)10-12(2)4-3-9-14/h3-10H,1-2H3/b4-3-,12-10+. The van der Waals surface area contributed by atoms with E-state index in [1.807, 2.05) is 13.0 Å². The van der Waals surface area contributed by atoms with Crippen LogP contribution in [0.2, 0.25) is 0 Å². The molecule has 0 spiro atoms. The molecule has 1 rings (SSSR count). The Morgan fingerprint density at radius 3 is 2.43 bits per heavy atom. The van der Waals surface area contributed by atoms with Crippen molar-refractivity contribution in [2.24, 2.45) is 0 Å². The highest BCUT2D eigenvalue weighted by Crippen LogP contribution is 2.08. The summed E-state index contributed by atoms with van der Waals surface area (Å²) in [5, 5.41) is 0. The van der Waals surface area contributed by atoms with Crippen molar-refractivity contribution in [3.05, 3.63) is 53.1 Å². The van der Waals surface area contributed by atoms with Gasteiger partial charge in [-0.25, -0.2) is 0 Å². The third kappa shape index (κ3) is 3.40. The monoisotopic (exact) mass is 186 g/mol. The van der Waals surface area contributed by atoms with E-state index >= 15 is 0 Å². The Morgan fingerprint density at radius 1 is 1.21 bits per heavy atom. The lowest BCUT2D eigenvalue weighted by molar-refractivity contribution is -0.104. The summed E-state index contributed by atoms with van der Waals surface area (Å²) in [4.78, 5) is 10.1. The quantitative estimate of drug-likeness (QED) is 0.402. The van der Waals surface area contributed by atoms with Gasteiger partial charge in [0.15, 0.2) is 0 Å². The molecule has 1 aromatic carbocycles. The maximum absolute atomic E-state index is 10.1. The van der Waals surface area contributed by atoms with Gasteiger partial charge in [0.1, 0.15) is 6.29 Å². The molecule has 0 fully saturated rings. The average Bonchev–Trinajstić information content (AvgIpc) is 2.18. The first-order chi connectivity index (χ1) is 6.72. The second-order valence-corrected chi connectivity index (χ2v) is 3.29. The van der Waals surface area contributed by atoms with Gasteiger partial charge in [0.25, 0.3) is 0 Å². The summed E-state index contributed by atoms with van der Waals surface area (Å²) in [6.45, 7) is 4.03. The van der Waals surface area contributed by atoms with Crippen LogP contribution in [-0.4, -0.2) is 6.29 Å². The molecule has 0 atom stereocenters. The molecule has 1 heteroatoms. The van der Waals surface area contributed by atoms with Gasteiger partial charge in [-0.1, -0.05) is 47.6 Å². The molecule has 0 saturated carbocycles. The number of rotatable bonds is 3. The molecular weight excluding hydrogens is 172 g/mol. The second-order valence-electron chi connectivity index (χ2n) is 3.29. The predicted molar refractivity (Wildman–Crippen MR) is 60.0 cm³/mol. The van der Waals surface area contributed by atoms with Crippen LogP contribution in [0.3, 0.4) is 0 Å². The maximum Gasteiger partial charge on any atom is 0.142 e. The van der Waals surface area contributed by atoms with Crippen LogP contribution in [-0.2, 0) is 4.79 Å². The summed E-state index contributed by atoms with van der Waals surface area (Å²) in [5.74, 6) is 0. The van der Waals surface area contributed by atoms with Gasteiger partial charge in [-0.3, -0.25) is 4.79 Å². The van der Waals surface area contributed by atoms with Crippen molar-refractivity contribution < 1.29 is 4.79 Å². The molecule has 0 amide bonds.